The average Bonchev–Trinajstić information content (AvgIpc) is 2.77. The summed E-state index contributed by atoms with van der Waals surface area (Å²) in [6.07, 6.45) is 12.7. The Bertz CT molecular complexity index is 520. The predicted molar refractivity (Wildman–Crippen MR) is 140 cm³/mol. The molecule has 2 unspecified atom stereocenters. The molecule has 0 aromatic carbocycles. The quantitative estimate of drug-likeness (QED) is 0.110. The molecule has 0 bridgehead atoms. The van der Waals surface area contributed by atoms with Crippen molar-refractivity contribution in [1.82, 2.24) is 9.21 Å². The highest BCUT2D eigenvalue weighted by molar-refractivity contribution is 8.13. The van der Waals surface area contributed by atoms with Gasteiger partial charge < -0.3 is 9.05 Å². The maximum atomic E-state index is 6.77. The molecular formula is C20H44Cl2N3O4P3. The van der Waals surface area contributed by atoms with Crippen LogP contribution in [0.25, 0.3) is 0 Å². The molecule has 192 valence electrons. The van der Waals surface area contributed by atoms with Crippen LogP contribution in [0.1, 0.15) is 105 Å². The third-order valence-corrected chi connectivity index (χ3v) is 13.5. The van der Waals surface area contributed by atoms with Crippen LogP contribution in [0.4, 0.5) is 0 Å². The molecule has 0 radical (unpaired) electrons. The van der Waals surface area contributed by atoms with Crippen LogP contribution in [0.15, 0.2) is 4.52 Å². The van der Waals surface area contributed by atoms with Gasteiger partial charge in [0.2, 0.25) is 5.91 Å². The fourth-order valence-electron chi connectivity index (χ4n) is 2.77. The van der Waals surface area contributed by atoms with Crippen LogP contribution < -0.4 is 0 Å². The molecule has 1 aliphatic heterocycles. The first kappa shape index (κ1) is 31.5. The van der Waals surface area contributed by atoms with Crippen molar-refractivity contribution in [1.29, 1.82) is 0 Å². The summed E-state index contributed by atoms with van der Waals surface area (Å²) in [5, 5.41) is 0. The van der Waals surface area contributed by atoms with Crippen LogP contribution in [0.2, 0.25) is 0 Å². The van der Waals surface area contributed by atoms with Crippen molar-refractivity contribution in [2.75, 3.05) is 26.4 Å². The Labute approximate surface area is 208 Å². The maximum absolute atomic E-state index is 6.77. The maximum Gasteiger partial charge on any atom is 0.272 e. The summed E-state index contributed by atoms with van der Waals surface area (Å²) < 4.78 is 20.5. The molecule has 0 aromatic heterocycles. The Morgan fingerprint density at radius 1 is 0.656 bits per heavy atom. The van der Waals surface area contributed by atoms with E-state index in [1.54, 1.807) is 9.21 Å². The molecule has 0 spiro atoms. The first-order valence-corrected chi connectivity index (χ1v) is 18.1. The molecule has 0 saturated heterocycles. The molecule has 0 saturated carbocycles. The van der Waals surface area contributed by atoms with Gasteiger partial charge in [-0.2, -0.15) is 4.52 Å². The number of halogens is 2. The van der Waals surface area contributed by atoms with Gasteiger partial charge in [-0.05, 0) is 48.2 Å². The minimum Gasteiger partial charge on any atom is -0.328 e. The van der Waals surface area contributed by atoms with Crippen molar-refractivity contribution in [2.24, 2.45) is 4.52 Å². The summed E-state index contributed by atoms with van der Waals surface area (Å²) in [5.74, 6) is -2.93. The summed E-state index contributed by atoms with van der Waals surface area (Å²) in [5.41, 5.74) is 0. The minimum absolute atomic E-state index is 0.528. The second kappa shape index (κ2) is 19.6. The summed E-state index contributed by atoms with van der Waals surface area (Å²) in [7, 11) is -2.96. The SMILES string of the molecule is CCCCCON1P(OCCCCC)N=P(Cl)(Cl)N(OCCCCC)P1OCCCCC. The molecule has 2 atom stereocenters. The van der Waals surface area contributed by atoms with Crippen molar-refractivity contribution in [3.05, 3.63) is 0 Å². The largest absolute Gasteiger partial charge is 0.328 e. The second-order valence-corrected chi connectivity index (χ2v) is 16.3. The Morgan fingerprint density at radius 3 is 1.66 bits per heavy atom. The molecule has 1 aliphatic rings. The van der Waals surface area contributed by atoms with E-state index in [1.165, 1.54) is 0 Å². The van der Waals surface area contributed by atoms with E-state index in [4.69, 9.17) is 41.2 Å². The smallest absolute Gasteiger partial charge is 0.272 e. The lowest BCUT2D eigenvalue weighted by molar-refractivity contribution is -0.0698. The molecular weight excluding hydrogens is 510 g/mol. The van der Waals surface area contributed by atoms with E-state index in [1.807, 2.05) is 0 Å². The molecule has 0 aliphatic carbocycles. The lowest BCUT2D eigenvalue weighted by Gasteiger charge is -2.42. The van der Waals surface area contributed by atoms with E-state index in [-0.39, 0.29) is 0 Å². The topological polar surface area (TPSA) is 55.8 Å². The number of nitrogens with zero attached hydrogens (tertiary/aromatic N) is 3. The van der Waals surface area contributed by atoms with Gasteiger partial charge >= 0.3 is 0 Å². The summed E-state index contributed by atoms with van der Waals surface area (Å²) in [6.45, 7) is 11.0. The molecule has 7 nitrogen and oxygen atoms in total. The summed E-state index contributed by atoms with van der Waals surface area (Å²) >= 11 is 13.5. The first-order valence-electron chi connectivity index (χ1n) is 12.3. The highest BCUT2D eigenvalue weighted by Crippen LogP contribution is 2.82. The van der Waals surface area contributed by atoms with E-state index in [0.29, 0.717) is 26.4 Å². The third-order valence-electron chi connectivity index (χ3n) is 4.65. The molecule has 0 fully saturated rings. The van der Waals surface area contributed by atoms with Gasteiger partial charge in [0.15, 0.2) is 0 Å². The summed E-state index contributed by atoms with van der Waals surface area (Å²) in [4.78, 5) is 12.3. The Morgan fingerprint density at radius 2 is 1.12 bits per heavy atom. The zero-order valence-electron chi connectivity index (χ0n) is 20.4. The van der Waals surface area contributed by atoms with Crippen LogP contribution in [-0.4, -0.2) is 35.6 Å². The highest BCUT2D eigenvalue weighted by Gasteiger charge is 2.48. The molecule has 0 N–H and O–H groups in total. The second-order valence-electron chi connectivity index (χ2n) is 7.72. The van der Waals surface area contributed by atoms with Gasteiger partial charge in [-0.3, -0.25) is 9.68 Å². The van der Waals surface area contributed by atoms with Crippen LogP contribution in [0, 0.1) is 0 Å². The summed E-state index contributed by atoms with van der Waals surface area (Å²) in [6, 6.07) is 0. The number of unbranched alkanes of at least 4 members (excludes halogenated alkanes) is 8. The van der Waals surface area contributed by atoms with E-state index in [0.717, 1.165) is 77.0 Å². The minimum atomic E-state index is -2.93. The Hall–Kier alpha value is 1.43. The number of rotatable bonds is 20. The third kappa shape index (κ3) is 12.4. The zero-order valence-corrected chi connectivity index (χ0v) is 24.6. The molecule has 1 rings (SSSR count). The fourth-order valence-corrected chi connectivity index (χ4v) is 11.4. The average molecular weight is 554 g/mol. The van der Waals surface area contributed by atoms with E-state index >= 15 is 0 Å². The van der Waals surface area contributed by atoms with Gasteiger partial charge in [0.25, 0.3) is 16.9 Å². The van der Waals surface area contributed by atoms with E-state index in [9.17, 15) is 0 Å². The monoisotopic (exact) mass is 553 g/mol. The standard InChI is InChI=1S/C20H44Cl2N3O4P3/c1-5-9-13-17-26-24-30(28-19-15-11-7-3)23-32(21,22)25(27-18-14-10-6-2)31(24)29-20-16-12-8-4/h5-20H2,1-4H3. The first-order chi connectivity index (χ1) is 15.5. The Balaban J connectivity index is 3.03. The van der Waals surface area contributed by atoms with Crippen molar-refractivity contribution in [3.8, 4) is 0 Å². The van der Waals surface area contributed by atoms with Gasteiger partial charge in [0.1, 0.15) is 0 Å². The van der Waals surface area contributed by atoms with Crippen LogP contribution in [0.5, 0.6) is 0 Å². The van der Waals surface area contributed by atoms with Gasteiger partial charge in [0.05, 0.1) is 26.4 Å². The normalized spacial score (nSPS) is 21.7. The molecule has 1 heterocycles. The number of hydrogen-bond donors (Lipinski definition) is 0. The van der Waals surface area contributed by atoms with E-state index < -0.39 is 22.8 Å². The number of hydrogen-bond acceptors (Lipinski definition) is 7. The highest BCUT2D eigenvalue weighted by atomic mass is 35.9. The molecule has 12 heteroatoms. The zero-order chi connectivity index (χ0) is 23.7. The lowest BCUT2D eigenvalue weighted by atomic mass is 10.3. The van der Waals surface area contributed by atoms with Crippen molar-refractivity contribution < 1.29 is 18.7 Å². The Kier molecular flexibility index (Phi) is 19.3. The van der Waals surface area contributed by atoms with Gasteiger partial charge in [-0.15, -0.1) is 0 Å². The van der Waals surface area contributed by atoms with Crippen molar-refractivity contribution in [2.45, 2.75) is 105 Å². The van der Waals surface area contributed by atoms with E-state index in [2.05, 4.69) is 32.2 Å². The van der Waals surface area contributed by atoms with Crippen molar-refractivity contribution >= 4 is 45.3 Å². The van der Waals surface area contributed by atoms with Crippen LogP contribution >= 0.6 is 45.3 Å². The van der Waals surface area contributed by atoms with Crippen LogP contribution in [-0.2, 0) is 18.7 Å². The lowest BCUT2D eigenvalue weighted by Crippen LogP contribution is -2.28. The van der Waals surface area contributed by atoms with Gasteiger partial charge in [-0.25, -0.2) is 0 Å². The van der Waals surface area contributed by atoms with Crippen molar-refractivity contribution in [3.63, 3.8) is 0 Å². The molecule has 0 amide bonds. The molecule has 0 aromatic rings. The van der Waals surface area contributed by atoms with Gasteiger partial charge in [-0.1, -0.05) is 88.3 Å². The van der Waals surface area contributed by atoms with Gasteiger partial charge in [0, 0.05) is 0 Å². The fraction of sp³-hybridized carbons (Fsp3) is 1.00. The predicted octanol–water partition coefficient (Wildman–Crippen LogP) is 10.1. The van der Waals surface area contributed by atoms with Crippen LogP contribution in [0.3, 0.4) is 0 Å². The molecule has 32 heavy (non-hydrogen) atoms.